The van der Waals surface area contributed by atoms with E-state index in [1.165, 1.54) is 23.5 Å². The summed E-state index contributed by atoms with van der Waals surface area (Å²) >= 11 is 7.17. The summed E-state index contributed by atoms with van der Waals surface area (Å²) in [6.45, 7) is 1.98. The predicted molar refractivity (Wildman–Crippen MR) is 95.5 cm³/mol. The van der Waals surface area contributed by atoms with E-state index in [0.29, 0.717) is 29.1 Å². The van der Waals surface area contributed by atoms with E-state index < -0.39 is 11.7 Å². The highest BCUT2D eigenvalue weighted by molar-refractivity contribution is 7.15. The largest absolute Gasteiger partial charge is 0.298 e. The van der Waals surface area contributed by atoms with Gasteiger partial charge in [0.1, 0.15) is 16.7 Å². The van der Waals surface area contributed by atoms with Crippen LogP contribution in [0.15, 0.2) is 18.2 Å². The molecule has 2 aliphatic carbocycles. The lowest BCUT2D eigenvalue weighted by Crippen LogP contribution is -2.35. The van der Waals surface area contributed by atoms with Crippen molar-refractivity contribution >= 4 is 34.5 Å². The Morgan fingerprint density at radius 3 is 2.52 bits per heavy atom. The molecule has 130 valence electrons. The van der Waals surface area contributed by atoms with Gasteiger partial charge in [0.25, 0.3) is 0 Å². The molecule has 0 radical (unpaired) electrons. The van der Waals surface area contributed by atoms with Crippen LogP contribution < -0.4 is 0 Å². The van der Waals surface area contributed by atoms with E-state index >= 15 is 0 Å². The van der Waals surface area contributed by atoms with E-state index in [0.717, 1.165) is 17.7 Å². The average molecular weight is 378 g/mol. The second-order valence-corrected chi connectivity index (χ2v) is 8.25. The minimum atomic E-state index is -0.733. The molecule has 1 aromatic carbocycles. The fourth-order valence-corrected chi connectivity index (χ4v) is 5.13. The van der Waals surface area contributed by atoms with E-state index in [2.05, 4.69) is 4.98 Å². The van der Waals surface area contributed by atoms with Crippen molar-refractivity contribution in [3.05, 3.63) is 39.6 Å². The van der Waals surface area contributed by atoms with Gasteiger partial charge in [0, 0.05) is 22.3 Å². The van der Waals surface area contributed by atoms with Crippen molar-refractivity contribution in [1.82, 2.24) is 4.98 Å². The summed E-state index contributed by atoms with van der Waals surface area (Å²) in [7, 11) is 0. The highest BCUT2D eigenvalue weighted by Gasteiger charge is 2.48. The van der Waals surface area contributed by atoms with Gasteiger partial charge in [-0.2, -0.15) is 0 Å². The zero-order valence-corrected chi connectivity index (χ0v) is 15.3. The lowest BCUT2D eigenvalue weighted by Gasteiger charge is -2.24. The first-order chi connectivity index (χ1) is 12.0. The summed E-state index contributed by atoms with van der Waals surface area (Å²) in [5.41, 5.74) is 1.20. The van der Waals surface area contributed by atoms with Gasteiger partial charge in [0.15, 0.2) is 11.6 Å². The van der Waals surface area contributed by atoms with Gasteiger partial charge in [0.2, 0.25) is 0 Å². The topological polar surface area (TPSA) is 47.0 Å². The van der Waals surface area contributed by atoms with Gasteiger partial charge < -0.3 is 0 Å². The van der Waals surface area contributed by atoms with E-state index in [1.54, 1.807) is 6.07 Å². The number of aryl methyl sites for hydroxylation is 1. The number of rotatable bonds is 3. The van der Waals surface area contributed by atoms with Crippen molar-refractivity contribution in [2.45, 2.75) is 38.5 Å². The first kappa shape index (κ1) is 16.9. The monoisotopic (exact) mass is 377 g/mol. The average Bonchev–Trinajstić information content (AvgIpc) is 3.22. The number of Topliss-reactive ketones (excluding diaryl/α,β-unsaturated/α-hetero) is 2. The summed E-state index contributed by atoms with van der Waals surface area (Å²) in [6.07, 6.45) is 3.02. The minimum absolute atomic E-state index is 0.00414. The zero-order valence-electron chi connectivity index (χ0n) is 13.7. The van der Waals surface area contributed by atoms with Crippen molar-refractivity contribution in [2.75, 3.05) is 0 Å². The Balaban J connectivity index is 1.77. The van der Waals surface area contributed by atoms with E-state index in [4.69, 9.17) is 11.6 Å². The number of ketones is 2. The maximum atomic E-state index is 13.8. The number of halogens is 2. The smallest absolute Gasteiger partial charge is 0.152 e. The van der Waals surface area contributed by atoms with Crippen molar-refractivity contribution in [3.63, 3.8) is 0 Å². The van der Waals surface area contributed by atoms with E-state index in [1.807, 2.05) is 6.92 Å². The molecule has 0 N–H and O–H groups in total. The number of carbonyl (C=O) groups excluding carboxylic acids is 2. The van der Waals surface area contributed by atoms with Crippen LogP contribution >= 0.6 is 22.9 Å². The van der Waals surface area contributed by atoms with E-state index in [-0.39, 0.29) is 28.4 Å². The first-order valence-corrected chi connectivity index (χ1v) is 9.71. The lowest BCUT2D eigenvalue weighted by atomic mass is 9.77. The molecular formula is C19H17ClFNO2S. The molecule has 0 aliphatic heterocycles. The fraction of sp³-hybridized carbons (Fsp3) is 0.421. The highest BCUT2D eigenvalue weighted by Crippen LogP contribution is 2.45. The normalized spacial score (nSPS) is 25.6. The summed E-state index contributed by atoms with van der Waals surface area (Å²) in [5, 5.41) is 0.686. The van der Waals surface area contributed by atoms with Gasteiger partial charge >= 0.3 is 0 Å². The Labute approximate surface area is 154 Å². The Hall–Kier alpha value is -1.59. The van der Waals surface area contributed by atoms with Gasteiger partial charge in [-0.3, -0.25) is 9.59 Å². The molecule has 2 atom stereocenters. The Morgan fingerprint density at radius 1 is 1.24 bits per heavy atom. The molecule has 0 spiro atoms. The molecule has 6 heteroatoms. The molecule has 4 rings (SSSR count). The number of hydrogen-bond donors (Lipinski definition) is 0. The van der Waals surface area contributed by atoms with Crippen LogP contribution in [0, 0.1) is 17.7 Å². The van der Waals surface area contributed by atoms with Crippen molar-refractivity contribution in [1.29, 1.82) is 0 Å². The van der Waals surface area contributed by atoms with Gasteiger partial charge in [-0.1, -0.05) is 24.6 Å². The third-order valence-electron chi connectivity index (χ3n) is 5.30. The van der Waals surface area contributed by atoms with Crippen LogP contribution in [0.5, 0.6) is 0 Å². The summed E-state index contributed by atoms with van der Waals surface area (Å²) < 4.78 is 13.8. The molecule has 2 saturated carbocycles. The highest BCUT2D eigenvalue weighted by atomic mass is 35.5. The number of benzene rings is 1. The minimum Gasteiger partial charge on any atom is -0.298 e. The first-order valence-electron chi connectivity index (χ1n) is 8.52. The number of hydrogen-bond acceptors (Lipinski definition) is 4. The lowest BCUT2D eigenvalue weighted by molar-refractivity contribution is -0.136. The second kappa shape index (κ2) is 6.29. The number of carbonyl (C=O) groups is 2. The third kappa shape index (κ3) is 2.74. The molecule has 1 heterocycles. The maximum Gasteiger partial charge on any atom is 0.152 e. The molecule has 3 nitrogen and oxygen atoms in total. The van der Waals surface area contributed by atoms with Crippen LogP contribution in [0.25, 0.3) is 10.6 Å². The molecule has 0 saturated heterocycles. The molecule has 1 aromatic heterocycles. The number of thiazole rings is 1. The van der Waals surface area contributed by atoms with Crippen molar-refractivity contribution in [3.8, 4) is 10.6 Å². The predicted octanol–water partition coefficient (Wildman–Crippen LogP) is 4.82. The van der Waals surface area contributed by atoms with Crippen LogP contribution in [0.3, 0.4) is 0 Å². The standard InChI is InChI=1S/C19H17ClFNO2S/c1-2-14-16(15-17(23)9-3-4-10(7-9)18(15)24)22-19(25-14)11-5-6-12(20)13(21)8-11/h5-6,8-10,15H,2-4,7H2,1H3. The summed E-state index contributed by atoms with van der Waals surface area (Å²) in [6, 6.07) is 4.55. The van der Waals surface area contributed by atoms with Crippen LogP contribution in [0.1, 0.15) is 42.7 Å². The van der Waals surface area contributed by atoms with Crippen LogP contribution in [0.4, 0.5) is 4.39 Å². The van der Waals surface area contributed by atoms with Gasteiger partial charge in [-0.15, -0.1) is 11.3 Å². The zero-order chi connectivity index (χ0) is 17.7. The number of nitrogens with zero attached hydrogens (tertiary/aromatic N) is 1. The Kier molecular flexibility index (Phi) is 4.24. The van der Waals surface area contributed by atoms with Gasteiger partial charge in [-0.05, 0) is 37.8 Å². The SMILES string of the molecule is CCc1sc(-c2ccc(Cl)c(F)c2)nc1C1C(=O)C2CCC(C2)C1=O. The summed E-state index contributed by atoms with van der Waals surface area (Å²) in [5.74, 6) is -1.20. The maximum absolute atomic E-state index is 13.8. The Bertz CT molecular complexity index is 856. The Morgan fingerprint density at radius 2 is 1.92 bits per heavy atom. The number of aromatic nitrogens is 1. The molecular weight excluding hydrogens is 361 g/mol. The molecule has 0 amide bonds. The molecule has 2 aromatic rings. The third-order valence-corrected chi connectivity index (χ3v) is 6.87. The van der Waals surface area contributed by atoms with Crippen LogP contribution in [0.2, 0.25) is 5.02 Å². The molecule has 2 unspecified atom stereocenters. The fourth-order valence-electron chi connectivity index (χ4n) is 3.97. The molecule has 25 heavy (non-hydrogen) atoms. The molecule has 2 fully saturated rings. The van der Waals surface area contributed by atoms with E-state index in [9.17, 15) is 14.0 Å². The quantitative estimate of drug-likeness (QED) is 0.720. The molecule has 2 aliphatic rings. The van der Waals surface area contributed by atoms with Crippen LogP contribution in [-0.2, 0) is 16.0 Å². The number of fused-ring (bicyclic) bond motifs is 2. The summed E-state index contributed by atoms with van der Waals surface area (Å²) in [4.78, 5) is 31.1. The molecule has 2 bridgehead atoms. The van der Waals surface area contributed by atoms with Crippen LogP contribution in [-0.4, -0.2) is 16.6 Å². The van der Waals surface area contributed by atoms with Gasteiger partial charge in [-0.25, -0.2) is 9.37 Å². The second-order valence-electron chi connectivity index (χ2n) is 6.75. The van der Waals surface area contributed by atoms with Crippen molar-refractivity contribution < 1.29 is 14.0 Å². The van der Waals surface area contributed by atoms with Crippen molar-refractivity contribution in [2.24, 2.45) is 11.8 Å². The van der Waals surface area contributed by atoms with Gasteiger partial charge in [0.05, 0.1) is 10.7 Å².